The number of benzene rings is 2. The molecule has 11 nitrogen and oxygen atoms in total. The fourth-order valence-corrected chi connectivity index (χ4v) is 6.00. The number of carbonyl (C=O) groups excluding carboxylic acids is 1. The third-order valence-electron chi connectivity index (χ3n) is 8.33. The molecular formula is C30H32F3N5O6. The van der Waals surface area contributed by atoms with E-state index in [1.54, 1.807) is 0 Å². The van der Waals surface area contributed by atoms with Gasteiger partial charge in [0.05, 0.1) is 36.6 Å². The smallest absolute Gasteiger partial charge is 0.259 e. The first-order valence-corrected chi connectivity index (χ1v) is 14.1. The standard InChI is InChI=1S/C30H32F3N5O6/c1-15-20(32)9-17(10-21(15)33)22-13-37(36-35-22)26-27(41)25(14-39)44-29(28(26)43-2)30(42)38(23-5-3-4-6-24(23)40)19-8-16(12-34)7-18(31)11-19/h7-11,13,23-29,39-41H,3-6,14H2,1-2H3/t23-,24-,25+,26-,27-,28+,29+/m0/s1. The van der Waals surface area contributed by atoms with Gasteiger partial charge in [0.25, 0.3) is 5.91 Å². The number of aliphatic hydroxyl groups is 3. The van der Waals surface area contributed by atoms with Crippen molar-refractivity contribution < 1.29 is 42.8 Å². The normalized spacial score (nSPS) is 27.1. The number of methoxy groups -OCH3 is 1. The maximum atomic E-state index is 14.6. The van der Waals surface area contributed by atoms with Crippen LogP contribution in [0.5, 0.6) is 0 Å². The highest BCUT2D eigenvalue weighted by Crippen LogP contribution is 2.37. The lowest BCUT2D eigenvalue weighted by atomic mass is 9.88. The molecule has 7 atom stereocenters. The van der Waals surface area contributed by atoms with Crippen LogP contribution in [0.25, 0.3) is 11.3 Å². The predicted octanol–water partition coefficient (Wildman–Crippen LogP) is 2.56. The molecule has 1 aliphatic heterocycles. The van der Waals surface area contributed by atoms with E-state index >= 15 is 0 Å². The Balaban J connectivity index is 1.56. The Kier molecular flexibility index (Phi) is 9.33. The van der Waals surface area contributed by atoms with E-state index in [0.29, 0.717) is 19.3 Å². The SMILES string of the molecule is CO[C@@H]1[C@@H](n2cc(-c3cc(F)c(C)c(F)c3)nn2)[C@@H](O)[C@@H](CO)O[C@H]1C(=O)N(c1cc(F)cc(C#N)c1)[C@H]1CCCC[C@@H]1O. The van der Waals surface area contributed by atoms with Crippen molar-refractivity contribution in [3.63, 3.8) is 0 Å². The van der Waals surface area contributed by atoms with Gasteiger partial charge >= 0.3 is 0 Å². The number of carbonyl (C=O) groups is 1. The van der Waals surface area contributed by atoms with Gasteiger partial charge in [0.1, 0.15) is 47.5 Å². The summed E-state index contributed by atoms with van der Waals surface area (Å²) in [5.74, 6) is -3.11. The summed E-state index contributed by atoms with van der Waals surface area (Å²) >= 11 is 0. The number of anilines is 1. The van der Waals surface area contributed by atoms with E-state index in [0.717, 1.165) is 30.7 Å². The van der Waals surface area contributed by atoms with Crippen molar-refractivity contribution in [2.45, 2.75) is 75.2 Å². The molecule has 234 valence electrons. The van der Waals surface area contributed by atoms with Gasteiger partial charge in [-0.2, -0.15) is 5.26 Å². The summed E-state index contributed by atoms with van der Waals surface area (Å²) in [4.78, 5) is 15.6. The van der Waals surface area contributed by atoms with Gasteiger partial charge < -0.3 is 29.7 Å². The highest BCUT2D eigenvalue weighted by molar-refractivity contribution is 5.98. The van der Waals surface area contributed by atoms with Gasteiger partial charge in [0.2, 0.25) is 0 Å². The van der Waals surface area contributed by atoms with Crippen LogP contribution in [-0.4, -0.2) is 86.5 Å². The Morgan fingerprint density at radius 3 is 2.50 bits per heavy atom. The highest BCUT2D eigenvalue weighted by Gasteiger charge is 2.52. The number of aliphatic hydroxyl groups excluding tert-OH is 3. The number of nitrogens with zero attached hydrogens (tertiary/aromatic N) is 5. The van der Waals surface area contributed by atoms with Gasteiger partial charge in [-0.3, -0.25) is 4.79 Å². The topological polar surface area (TPSA) is 154 Å². The molecule has 44 heavy (non-hydrogen) atoms. The monoisotopic (exact) mass is 615 g/mol. The first-order valence-electron chi connectivity index (χ1n) is 14.1. The van der Waals surface area contributed by atoms with Gasteiger partial charge in [-0.15, -0.1) is 5.10 Å². The molecule has 2 heterocycles. The van der Waals surface area contributed by atoms with E-state index in [4.69, 9.17) is 9.47 Å². The van der Waals surface area contributed by atoms with E-state index < -0.39 is 72.6 Å². The molecule has 0 spiro atoms. The second-order valence-corrected chi connectivity index (χ2v) is 11.0. The molecule has 1 aliphatic carbocycles. The van der Waals surface area contributed by atoms with Gasteiger partial charge in [-0.1, -0.05) is 18.1 Å². The van der Waals surface area contributed by atoms with Crippen molar-refractivity contribution in [1.29, 1.82) is 5.26 Å². The number of aromatic nitrogens is 3. The van der Waals surface area contributed by atoms with Gasteiger partial charge in [-0.05, 0) is 50.1 Å². The minimum absolute atomic E-state index is 0.0191. The lowest BCUT2D eigenvalue weighted by Gasteiger charge is -2.46. The zero-order valence-corrected chi connectivity index (χ0v) is 24.0. The summed E-state index contributed by atoms with van der Waals surface area (Å²) in [5.41, 5.74) is -0.0475. The number of amides is 1. The second-order valence-electron chi connectivity index (χ2n) is 11.0. The van der Waals surface area contributed by atoms with Crippen molar-refractivity contribution in [2.75, 3.05) is 18.6 Å². The minimum Gasteiger partial charge on any atom is -0.394 e. The average molecular weight is 616 g/mol. The van der Waals surface area contributed by atoms with Gasteiger partial charge in [0.15, 0.2) is 6.10 Å². The fraction of sp³-hybridized carbons (Fsp3) is 0.467. The van der Waals surface area contributed by atoms with Crippen LogP contribution in [0, 0.1) is 35.7 Å². The Morgan fingerprint density at radius 2 is 1.86 bits per heavy atom. The number of ether oxygens (including phenoxy) is 2. The molecule has 3 aromatic rings. The summed E-state index contributed by atoms with van der Waals surface area (Å²) in [5, 5.41) is 49.7. The van der Waals surface area contributed by atoms with Crippen LogP contribution in [0.2, 0.25) is 0 Å². The lowest BCUT2D eigenvalue weighted by molar-refractivity contribution is -0.211. The predicted molar refractivity (Wildman–Crippen MR) is 149 cm³/mol. The third kappa shape index (κ3) is 5.93. The highest BCUT2D eigenvalue weighted by atomic mass is 19.1. The molecule has 0 radical (unpaired) electrons. The van der Waals surface area contributed by atoms with E-state index in [1.807, 2.05) is 6.07 Å². The summed E-state index contributed by atoms with van der Waals surface area (Å²) in [6.45, 7) is 0.581. The lowest BCUT2D eigenvalue weighted by Crippen LogP contribution is -2.63. The molecule has 14 heteroatoms. The first kappa shape index (κ1) is 31.6. The number of hydrogen-bond acceptors (Lipinski definition) is 9. The zero-order valence-electron chi connectivity index (χ0n) is 24.0. The van der Waals surface area contributed by atoms with Crippen molar-refractivity contribution >= 4 is 11.6 Å². The maximum Gasteiger partial charge on any atom is 0.259 e. The zero-order chi connectivity index (χ0) is 31.7. The molecule has 2 aliphatic rings. The molecule has 0 unspecified atom stereocenters. The number of nitriles is 1. The van der Waals surface area contributed by atoms with Crippen LogP contribution < -0.4 is 4.90 Å². The third-order valence-corrected chi connectivity index (χ3v) is 8.33. The van der Waals surface area contributed by atoms with E-state index in [1.165, 1.54) is 35.9 Å². The molecule has 1 saturated carbocycles. The summed E-state index contributed by atoms with van der Waals surface area (Å²) in [7, 11) is 1.27. The van der Waals surface area contributed by atoms with Crippen LogP contribution in [0.1, 0.15) is 42.9 Å². The quantitative estimate of drug-likeness (QED) is 0.364. The maximum absolute atomic E-state index is 14.6. The van der Waals surface area contributed by atoms with Crippen LogP contribution in [0.15, 0.2) is 36.5 Å². The minimum atomic E-state index is -1.52. The Morgan fingerprint density at radius 1 is 1.16 bits per heavy atom. The van der Waals surface area contributed by atoms with Crippen LogP contribution >= 0.6 is 0 Å². The number of rotatable bonds is 7. The molecule has 1 aromatic heterocycles. The summed E-state index contributed by atoms with van der Waals surface area (Å²) in [6, 6.07) is 5.46. The Labute approximate surface area is 251 Å². The van der Waals surface area contributed by atoms with E-state index in [2.05, 4.69) is 10.3 Å². The number of hydrogen-bond donors (Lipinski definition) is 3. The average Bonchev–Trinajstić information content (AvgIpc) is 3.50. The van der Waals surface area contributed by atoms with Crippen molar-refractivity contribution in [2.24, 2.45) is 0 Å². The summed E-state index contributed by atoms with van der Waals surface area (Å²) in [6.07, 6.45) is -3.08. The van der Waals surface area contributed by atoms with Crippen molar-refractivity contribution in [1.82, 2.24) is 15.0 Å². The second kappa shape index (κ2) is 13.0. The largest absolute Gasteiger partial charge is 0.394 e. The van der Waals surface area contributed by atoms with Crippen molar-refractivity contribution in [3.05, 3.63) is 65.1 Å². The van der Waals surface area contributed by atoms with E-state index in [9.17, 15) is 38.5 Å². The molecule has 0 bridgehead atoms. The van der Waals surface area contributed by atoms with Gasteiger partial charge in [-0.25, -0.2) is 17.9 Å². The van der Waals surface area contributed by atoms with E-state index in [-0.39, 0.29) is 28.1 Å². The Bertz CT molecular complexity index is 1540. The molecule has 5 rings (SSSR count). The number of halogens is 3. The van der Waals surface area contributed by atoms with Crippen molar-refractivity contribution in [3.8, 4) is 17.3 Å². The molecule has 1 amide bonds. The molecular weight excluding hydrogens is 583 g/mol. The first-order chi connectivity index (χ1) is 21.1. The van der Waals surface area contributed by atoms with Crippen LogP contribution in [0.3, 0.4) is 0 Å². The van der Waals surface area contributed by atoms with Gasteiger partial charge in [0, 0.05) is 23.9 Å². The molecule has 2 aromatic carbocycles. The Hall–Kier alpha value is -3.87. The molecule has 1 saturated heterocycles. The van der Waals surface area contributed by atoms with Crippen LogP contribution in [0.4, 0.5) is 18.9 Å². The van der Waals surface area contributed by atoms with Crippen LogP contribution in [-0.2, 0) is 14.3 Å². The molecule has 2 fully saturated rings. The molecule has 3 N–H and O–H groups in total. The summed E-state index contributed by atoms with van der Waals surface area (Å²) < 4.78 is 55.9. The fourth-order valence-electron chi connectivity index (χ4n) is 6.00.